The van der Waals surface area contributed by atoms with E-state index in [2.05, 4.69) is 5.32 Å². The van der Waals surface area contributed by atoms with Gasteiger partial charge in [0.15, 0.2) is 23.0 Å². The second kappa shape index (κ2) is 9.73. The number of nitrogens with one attached hydrogen (secondary N) is 1. The highest BCUT2D eigenvalue weighted by atomic mass is 16.5. The van der Waals surface area contributed by atoms with Gasteiger partial charge in [0.25, 0.3) is 0 Å². The van der Waals surface area contributed by atoms with Crippen molar-refractivity contribution in [3.05, 3.63) is 77.4 Å². The van der Waals surface area contributed by atoms with E-state index in [0.29, 0.717) is 36.0 Å². The van der Waals surface area contributed by atoms with Gasteiger partial charge in [-0.15, -0.1) is 0 Å². The molecule has 7 heteroatoms. The number of anilines is 1. The number of carbonyl (C=O) groups is 1. The van der Waals surface area contributed by atoms with E-state index >= 15 is 0 Å². The Balaban J connectivity index is 1.81. The first-order chi connectivity index (χ1) is 16.1. The van der Waals surface area contributed by atoms with Gasteiger partial charge in [-0.2, -0.15) is 0 Å². The molecule has 0 aromatic heterocycles. The van der Waals surface area contributed by atoms with E-state index in [9.17, 15) is 4.79 Å². The molecule has 33 heavy (non-hydrogen) atoms. The van der Waals surface area contributed by atoms with E-state index in [1.807, 2.05) is 65.6 Å². The molecule has 1 atom stereocenters. The first-order valence-corrected chi connectivity index (χ1v) is 10.7. The SMILES string of the molecule is COc1ccc([C@@H]2c3cc(OC)c(OC)cc3CCN2C(=O)Nc2ccccc2)cc1OC. The summed E-state index contributed by atoms with van der Waals surface area (Å²) in [5.41, 5.74) is 3.74. The fraction of sp³-hybridized carbons (Fsp3) is 0.269. The number of urea groups is 1. The Labute approximate surface area is 193 Å². The zero-order valence-electron chi connectivity index (χ0n) is 19.3. The highest BCUT2D eigenvalue weighted by Crippen LogP contribution is 2.43. The maximum Gasteiger partial charge on any atom is 0.322 e. The molecule has 0 radical (unpaired) electrons. The van der Waals surface area contributed by atoms with Gasteiger partial charge in [0.1, 0.15) is 0 Å². The zero-order valence-corrected chi connectivity index (χ0v) is 19.3. The Morgan fingerprint density at radius 1 is 0.818 bits per heavy atom. The minimum absolute atomic E-state index is 0.179. The molecule has 0 aliphatic carbocycles. The quantitative estimate of drug-likeness (QED) is 0.581. The second-order valence-electron chi connectivity index (χ2n) is 7.66. The predicted octanol–water partition coefficient (Wildman–Crippen LogP) is 4.90. The number of ether oxygens (including phenoxy) is 4. The van der Waals surface area contributed by atoms with Crippen LogP contribution in [0.5, 0.6) is 23.0 Å². The lowest BCUT2D eigenvalue weighted by Crippen LogP contribution is -2.43. The molecule has 1 heterocycles. The fourth-order valence-electron chi connectivity index (χ4n) is 4.26. The summed E-state index contributed by atoms with van der Waals surface area (Å²) in [6.45, 7) is 0.542. The monoisotopic (exact) mass is 448 g/mol. The van der Waals surface area contributed by atoms with Crippen LogP contribution in [0.4, 0.5) is 10.5 Å². The van der Waals surface area contributed by atoms with Crippen molar-refractivity contribution in [2.24, 2.45) is 0 Å². The highest BCUT2D eigenvalue weighted by molar-refractivity contribution is 5.90. The van der Waals surface area contributed by atoms with Gasteiger partial charge in [-0.1, -0.05) is 24.3 Å². The molecular formula is C26H28N2O5. The number of amides is 2. The predicted molar refractivity (Wildman–Crippen MR) is 127 cm³/mol. The number of hydrogen-bond acceptors (Lipinski definition) is 5. The third-order valence-electron chi connectivity index (χ3n) is 5.88. The van der Waals surface area contributed by atoms with Gasteiger partial charge in [-0.05, 0) is 59.5 Å². The van der Waals surface area contributed by atoms with Crippen molar-refractivity contribution in [3.63, 3.8) is 0 Å². The third-order valence-corrected chi connectivity index (χ3v) is 5.88. The van der Waals surface area contributed by atoms with E-state index in [0.717, 1.165) is 22.4 Å². The maximum absolute atomic E-state index is 13.4. The molecule has 7 nitrogen and oxygen atoms in total. The standard InChI is InChI=1S/C26H28N2O5/c1-30-21-11-10-18(15-22(21)31-2)25-20-16-24(33-4)23(32-3)14-17(20)12-13-28(25)26(29)27-19-8-6-5-7-9-19/h5-11,14-16,25H,12-13H2,1-4H3,(H,27,29)/t25-/m1/s1. The number of para-hydroxylation sites is 1. The van der Waals surface area contributed by atoms with Crippen molar-refractivity contribution in [2.75, 3.05) is 40.3 Å². The molecule has 3 aromatic rings. The Morgan fingerprint density at radius 3 is 2.12 bits per heavy atom. The van der Waals surface area contributed by atoms with Crippen molar-refractivity contribution < 1.29 is 23.7 Å². The van der Waals surface area contributed by atoms with E-state index < -0.39 is 0 Å². The van der Waals surface area contributed by atoms with Crippen LogP contribution in [-0.4, -0.2) is 45.9 Å². The largest absolute Gasteiger partial charge is 0.493 e. The zero-order chi connectivity index (χ0) is 23.4. The molecule has 0 bridgehead atoms. The lowest BCUT2D eigenvalue weighted by molar-refractivity contribution is 0.193. The summed E-state index contributed by atoms with van der Waals surface area (Å²) in [6.07, 6.45) is 0.696. The summed E-state index contributed by atoms with van der Waals surface area (Å²) in [4.78, 5) is 15.3. The average Bonchev–Trinajstić information content (AvgIpc) is 2.87. The molecular weight excluding hydrogens is 420 g/mol. The van der Waals surface area contributed by atoms with Crippen LogP contribution in [0, 0.1) is 0 Å². The molecule has 0 spiro atoms. The van der Waals surface area contributed by atoms with Gasteiger partial charge in [-0.3, -0.25) is 0 Å². The number of rotatable bonds is 6. The smallest absolute Gasteiger partial charge is 0.322 e. The van der Waals surface area contributed by atoms with E-state index in [4.69, 9.17) is 18.9 Å². The topological polar surface area (TPSA) is 69.3 Å². The van der Waals surface area contributed by atoms with Crippen LogP contribution in [0.25, 0.3) is 0 Å². The number of nitrogens with zero attached hydrogens (tertiary/aromatic N) is 1. The first kappa shape index (κ1) is 22.3. The van der Waals surface area contributed by atoms with Crippen LogP contribution in [0.15, 0.2) is 60.7 Å². The van der Waals surface area contributed by atoms with Gasteiger partial charge in [-0.25, -0.2) is 4.79 Å². The highest BCUT2D eigenvalue weighted by Gasteiger charge is 2.34. The minimum Gasteiger partial charge on any atom is -0.493 e. The summed E-state index contributed by atoms with van der Waals surface area (Å²) in [7, 11) is 6.44. The number of hydrogen-bond donors (Lipinski definition) is 1. The van der Waals surface area contributed by atoms with Gasteiger partial charge in [0.05, 0.1) is 34.5 Å². The number of methoxy groups -OCH3 is 4. The van der Waals surface area contributed by atoms with Crippen molar-refractivity contribution >= 4 is 11.7 Å². The number of carbonyl (C=O) groups excluding carboxylic acids is 1. The molecule has 0 fully saturated rings. The minimum atomic E-state index is -0.350. The van der Waals surface area contributed by atoms with Crippen molar-refractivity contribution in [1.29, 1.82) is 0 Å². The Bertz CT molecular complexity index is 1130. The Kier molecular flexibility index (Phi) is 6.58. The summed E-state index contributed by atoms with van der Waals surface area (Å²) < 4.78 is 22.0. The van der Waals surface area contributed by atoms with Crippen LogP contribution in [0.2, 0.25) is 0 Å². The summed E-state index contributed by atoms with van der Waals surface area (Å²) >= 11 is 0. The van der Waals surface area contributed by atoms with E-state index in [1.165, 1.54) is 0 Å². The van der Waals surface area contributed by atoms with Gasteiger partial charge in [0.2, 0.25) is 0 Å². The molecule has 4 rings (SSSR count). The summed E-state index contributed by atoms with van der Waals surface area (Å²) in [6, 6.07) is 18.6. The van der Waals surface area contributed by atoms with Crippen LogP contribution < -0.4 is 24.3 Å². The molecule has 1 N–H and O–H groups in total. The maximum atomic E-state index is 13.4. The molecule has 172 valence electrons. The van der Waals surface area contributed by atoms with E-state index in [-0.39, 0.29) is 12.1 Å². The van der Waals surface area contributed by atoms with E-state index in [1.54, 1.807) is 28.4 Å². The first-order valence-electron chi connectivity index (χ1n) is 10.7. The molecule has 1 aliphatic heterocycles. The van der Waals surface area contributed by atoms with Crippen LogP contribution >= 0.6 is 0 Å². The normalized spacial score (nSPS) is 14.8. The fourth-order valence-corrected chi connectivity index (χ4v) is 4.26. The average molecular weight is 449 g/mol. The summed E-state index contributed by atoms with van der Waals surface area (Å²) in [5, 5.41) is 3.02. The van der Waals surface area contributed by atoms with Gasteiger partial charge < -0.3 is 29.2 Å². The van der Waals surface area contributed by atoms with Crippen molar-refractivity contribution in [1.82, 2.24) is 4.90 Å². The second-order valence-corrected chi connectivity index (χ2v) is 7.66. The lowest BCUT2D eigenvalue weighted by atomic mass is 9.87. The number of fused-ring (bicyclic) bond motifs is 1. The molecule has 0 unspecified atom stereocenters. The third kappa shape index (κ3) is 4.39. The molecule has 0 saturated carbocycles. The number of benzene rings is 3. The van der Waals surface area contributed by atoms with Crippen molar-refractivity contribution in [2.45, 2.75) is 12.5 Å². The lowest BCUT2D eigenvalue weighted by Gasteiger charge is -2.38. The van der Waals surface area contributed by atoms with Crippen LogP contribution in [-0.2, 0) is 6.42 Å². The van der Waals surface area contributed by atoms with Crippen LogP contribution in [0.1, 0.15) is 22.7 Å². The molecule has 0 saturated heterocycles. The molecule has 1 aliphatic rings. The summed E-state index contributed by atoms with van der Waals surface area (Å²) in [5.74, 6) is 2.52. The molecule has 2 amide bonds. The van der Waals surface area contributed by atoms with Gasteiger partial charge >= 0.3 is 6.03 Å². The van der Waals surface area contributed by atoms with Crippen LogP contribution in [0.3, 0.4) is 0 Å². The van der Waals surface area contributed by atoms with Gasteiger partial charge in [0, 0.05) is 12.2 Å². The Morgan fingerprint density at radius 2 is 1.45 bits per heavy atom. The molecule has 3 aromatic carbocycles. The Hall–Kier alpha value is -3.87. The van der Waals surface area contributed by atoms with Crippen molar-refractivity contribution in [3.8, 4) is 23.0 Å².